The second kappa shape index (κ2) is 4.97. The second-order valence-electron chi connectivity index (χ2n) is 2.91. The van der Waals surface area contributed by atoms with E-state index in [1.54, 1.807) is 0 Å². The molecule has 0 aliphatic rings. The zero-order valence-electron chi connectivity index (χ0n) is 8.19. The summed E-state index contributed by atoms with van der Waals surface area (Å²) in [5.74, 6) is 0.285. The van der Waals surface area contributed by atoms with Crippen LogP contribution in [0.1, 0.15) is 19.5 Å². The van der Waals surface area contributed by atoms with Crippen molar-refractivity contribution in [2.45, 2.75) is 13.8 Å². The van der Waals surface area contributed by atoms with Crippen LogP contribution in [0, 0.1) is 11.3 Å². The largest absolute Gasteiger partial charge is 0.471 e. The Bertz CT molecular complexity index is 375. The van der Waals surface area contributed by atoms with Crippen LogP contribution in [0.5, 0.6) is 5.88 Å². The topological polar surface area (TPSA) is 58.8 Å². The van der Waals surface area contributed by atoms with Crippen molar-refractivity contribution in [3.8, 4) is 11.9 Å². The smallest absolute Gasteiger partial charge is 0.251 e. The van der Waals surface area contributed by atoms with Crippen LogP contribution in [0.15, 0.2) is 24.0 Å². The van der Waals surface area contributed by atoms with Gasteiger partial charge in [-0.1, -0.05) is 5.57 Å². The van der Waals surface area contributed by atoms with E-state index >= 15 is 0 Å². The molecule has 72 valence electrons. The molecule has 0 N–H and O–H groups in total. The summed E-state index contributed by atoms with van der Waals surface area (Å²) >= 11 is 0. The zero-order chi connectivity index (χ0) is 10.4. The van der Waals surface area contributed by atoms with Gasteiger partial charge >= 0.3 is 0 Å². The molecule has 1 rings (SSSR count). The minimum absolute atomic E-state index is 0.217. The van der Waals surface area contributed by atoms with E-state index in [4.69, 9.17) is 10.00 Å². The van der Waals surface area contributed by atoms with E-state index < -0.39 is 0 Å². The van der Waals surface area contributed by atoms with E-state index in [0.717, 1.165) is 5.57 Å². The van der Waals surface area contributed by atoms with E-state index in [1.807, 2.05) is 26.0 Å². The average Bonchev–Trinajstić information content (AvgIpc) is 2.18. The number of rotatable bonds is 3. The van der Waals surface area contributed by atoms with Gasteiger partial charge in [-0.25, -0.2) is 9.97 Å². The maximum absolute atomic E-state index is 8.68. The van der Waals surface area contributed by atoms with E-state index in [9.17, 15) is 0 Å². The summed E-state index contributed by atoms with van der Waals surface area (Å²) in [5, 5.41) is 8.68. The average molecular weight is 189 g/mol. The van der Waals surface area contributed by atoms with Crippen molar-refractivity contribution < 1.29 is 4.74 Å². The molecule has 14 heavy (non-hydrogen) atoms. The van der Waals surface area contributed by atoms with Crippen LogP contribution in [0.2, 0.25) is 0 Å². The van der Waals surface area contributed by atoms with Gasteiger partial charge in [-0.15, -0.1) is 0 Å². The fraction of sp³-hybridized carbons (Fsp3) is 0.300. The van der Waals surface area contributed by atoms with Gasteiger partial charge in [-0.2, -0.15) is 5.26 Å². The molecule has 4 nitrogen and oxygen atoms in total. The third-order valence-corrected chi connectivity index (χ3v) is 1.48. The number of nitriles is 1. The molecule has 0 aliphatic heterocycles. The highest BCUT2D eigenvalue weighted by atomic mass is 16.5. The Morgan fingerprint density at radius 3 is 2.86 bits per heavy atom. The third kappa shape index (κ3) is 2.87. The van der Waals surface area contributed by atoms with Gasteiger partial charge in [0.1, 0.15) is 12.7 Å². The molecule has 0 amide bonds. The summed E-state index contributed by atoms with van der Waals surface area (Å²) in [5.41, 5.74) is 1.38. The number of nitrogens with zero attached hydrogens (tertiary/aromatic N) is 3. The Kier molecular flexibility index (Phi) is 3.62. The quantitative estimate of drug-likeness (QED) is 0.679. The van der Waals surface area contributed by atoms with Gasteiger partial charge in [0.15, 0.2) is 0 Å². The van der Waals surface area contributed by atoms with Crippen LogP contribution in [-0.4, -0.2) is 16.6 Å². The fourth-order valence-corrected chi connectivity index (χ4v) is 0.795. The number of hydrogen-bond acceptors (Lipinski definition) is 4. The van der Waals surface area contributed by atoms with Gasteiger partial charge in [-0.05, 0) is 19.9 Å². The summed E-state index contributed by atoms with van der Waals surface area (Å²) in [6.45, 7) is 4.37. The molecule has 0 spiro atoms. The minimum atomic E-state index is 0.217. The molecule has 1 aromatic rings. The first kappa shape index (κ1) is 10.2. The van der Waals surface area contributed by atoms with Gasteiger partial charge in [-0.3, -0.25) is 0 Å². The highest BCUT2D eigenvalue weighted by molar-refractivity contribution is 5.29. The Hall–Kier alpha value is -1.89. The highest BCUT2D eigenvalue weighted by Crippen LogP contribution is 2.09. The molecule has 0 radical (unpaired) electrons. The molecule has 0 aromatic carbocycles. The maximum atomic E-state index is 8.68. The number of allylic oxidation sites excluding steroid dienone is 1. The first-order chi connectivity index (χ1) is 6.74. The highest BCUT2D eigenvalue weighted by Gasteiger charge is 2.03. The van der Waals surface area contributed by atoms with E-state index in [2.05, 4.69) is 9.97 Å². The zero-order valence-corrected chi connectivity index (χ0v) is 8.19. The third-order valence-electron chi connectivity index (χ3n) is 1.48. The molecule has 0 bridgehead atoms. The van der Waals surface area contributed by atoms with Crippen molar-refractivity contribution in [3.05, 3.63) is 29.7 Å². The normalized spacial score (nSPS) is 8.93. The predicted molar refractivity (Wildman–Crippen MR) is 51.7 cm³/mol. The van der Waals surface area contributed by atoms with Gasteiger partial charge in [0, 0.05) is 12.4 Å². The van der Waals surface area contributed by atoms with Crippen molar-refractivity contribution in [3.63, 3.8) is 0 Å². The Morgan fingerprint density at radius 1 is 1.50 bits per heavy atom. The molecule has 1 aromatic heterocycles. The monoisotopic (exact) mass is 189 g/mol. The van der Waals surface area contributed by atoms with Crippen molar-refractivity contribution in [1.82, 2.24) is 9.97 Å². The minimum Gasteiger partial charge on any atom is -0.471 e. The van der Waals surface area contributed by atoms with Crippen LogP contribution in [0.3, 0.4) is 0 Å². The molecule has 0 atom stereocenters. The van der Waals surface area contributed by atoms with Crippen molar-refractivity contribution in [2.75, 3.05) is 6.61 Å². The lowest BCUT2D eigenvalue weighted by molar-refractivity contribution is 0.344. The summed E-state index contributed by atoms with van der Waals surface area (Å²) in [6.07, 6.45) is 4.88. The van der Waals surface area contributed by atoms with Crippen molar-refractivity contribution in [2.24, 2.45) is 0 Å². The Balaban J connectivity index is 2.68. The molecule has 4 heteroatoms. The maximum Gasteiger partial charge on any atom is 0.251 e. The van der Waals surface area contributed by atoms with E-state index in [0.29, 0.717) is 6.61 Å². The molecular weight excluding hydrogens is 178 g/mol. The van der Waals surface area contributed by atoms with E-state index in [-0.39, 0.29) is 11.6 Å². The van der Waals surface area contributed by atoms with Gasteiger partial charge in [0.2, 0.25) is 5.69 Å². The Labute approximate surface area is 82.9 Å². The lowest BCUT2D eigenvalue weighted by Gasteiger charge is -2.02. The number of aromatic nitrogens is 2. The number of hydrogen-bond donors (Lipinski definition) is 0. The van der Waals surface area contributed by atoms with Crippen molar-refractivity contribution >= 4 is 0 Å². The van der Waals surface area contributed by atoms with Crippen LogP contribution in [0.25, 0.3) is 0 Å². The number of ether oxygens (including phenoxy) is 1. The van der Waals surface area contributed by atoms with Gasteiger partial charge in [0.05, 0.1) is 0 Å². The van der Waals surface area contributed by atoms with Crippen LogP contribution >= 0.6 is 0 Å². The second-order valence-corrected chi connectivity index (χ2v) is 2.91. The standard InChI is InChI=1S/C10H11N3O/c1-8(2)3-6-14-10-9(7-11)12-4-5-13-10/h3-5H,6H2,1-2H3. The molecule has 0 unspecified atom stereocenters. The fourth-order valence-electron chi connectivity index (χ4n) is 0.795. The predicted octanol–water partition coefficient (Wildman–Crippen LogP) is 1.69. The van der Waals surface area contributed by atoms with Gasteiger partial charge < -0.3 is 4.74 Å². The lowest BCUT2D eigenvalue weighted by atomic mass is 10.3. The molecule has 0 fully saturated rings. The van der Waals surface area contributed by atoms with Gasteiger partial charge in [0.25, 0.3) is 5.88 Å². The summed E-state index contributed by atoms with van der Waals surface area (Å²) in [7, 11) is 0. The SMILES string of the molecule is CC(C)=CCOc1nccnc1C#N. The summed E-state index contributed by atoms with van der Waals surface area (Å²) in [6, 6.07) is 1.91. The molecule has 1 heterocycles. The van der Waals surface area contributed by atoms with Crippen molar-refractivity contribution in [1.29, 1.82) is 5.26 Å². The summed E-state index contributed by atoms with van der Waals surface area (Å²) in [4.78, 5) is 7.74. The molecule has 0 aliphatic carbocycles. The summed E-state index contributed by atoms with van der Waals surface area (Å²) < 4.78 is 5.27. The molecular formula is C10H11N3O. The first-order valence-electron chi connectivity index (χ1n) is 4.21. The first-order valence-corrected chi connectivity index (χ1v) is 4.21. The van der Waals surface area contributed by atoms with Crippen LogP contribution in [0.4, 0.5) is 0 Å². The lowest BCUT2D eigenvalue weighted by Crippen LogP contribution is -2.00. The van der Waals surface area contributed by atoms with Crippen LogP contribution < -0.4 is 4.74 Å². The van der Waals surface area contributed by atoms with Crippen LogP contribution in [-0.2, 0) is 0 Å². The molecule has 0 saturated heterocycles. The van der Waals surface area contributed by atoms with E-state index in [1.165, 1.54) is 12.4 Å². The Morgan fingerprint density at radius 2 is 2.21 bits per heavy atom. The molecule has 0 saturated carbocycles.